The fraction of sp³-hybridized carbons (Fsp3) is 0.333. The van der Waals surface area contributed by atoms with E-state index in [1.54, 1.807) is 18.2 Å². The maximum Gasteiger partial charge on any atom is 0.263 e. The van der Waals surface area contributed by atoms with Gasteiger partial charge in [-0.1, -0.05) is 12.1 Å². The van der Waals surface area contributed by atoms with Gasteiger partial charge in [0.05, 0.1) is 6.20 Å². The molecule has 1 aromatic heterocycles. The fourth-order valence-corrected chi connectivity index (χ4v) is 3.23. The van der Waals surface area contributed by atoms with Gasteiger partial charge in [0.25, 0.3) is 5.91 Å². The number of nitrogens with zero attached hydrogens (tertiary/aromatic N) is 1. The van der Waals surface area contributed by atoms with Gasteiger partial charge in [0, 0.05) is 18.2 Å². The lowest BCUT2D eigenvalue weighted by Gasteiger charge is -2.10. The van der Waals surface area contributed by atoms with E-state index in [4.69, 9.17) is 0 Å². The summed E-state index contributed by atoms with van der Waals surface area (Å²) in [6, 6.07) is 6.80. The van der Waals surface area contributed by atoms with Crippen LogP contribution in [0.2, 0.25) is 0 Å². The number of rotatable bonds is 4. The van der Waals surface area contributed by atoms with Gasteiger partial charge < -0.3 is 10.6 Å². The number of carbonyl (C=O) groups is 1. The van der Waals surface area contributed by atoms with Crippen LogP contribution < -0.4 is 10.6 Å². The Morgan fingerprint density at radius 2 is 2.33 bits per heavy atom. The molecule has 1 aromatic carbocycles. The van der Waals surface area contributed by atoms with E-state index in [0.29, 0.717) is 28.0 Å². The first-order valence-corrected chi connectivity index (χ1v) is 7.78. The maximum atomic E-state index is 13.7. The zero-order chi connectivity index (χ0) is 14.7. The third-order valence-corrected chi connectivity index (χ3v) is 4.53. The third kappa shape index (κ3) is 3.28. The van der Waals surface area contributed by atoms with E-state index in [1.807, 2.05) is 0 Å². The number of nitrogens with one attached hydrogen (secondary N) is 2. The zero-order valence-corrected chi connectivity index (χ0v) is 12.3. The van der Waals surface area contributed by atoms with E-state index in [1.165, 1.54) is 23.6 Å². The van der Waals surface area contributed by atoms with Gasteiger partial charge >= 0.3 is 0 Å². The molecule has 2 heterocycles. The van der Waals surface area contributed by atoms with Crippen molar-refractivity contribution in [1.82, 2.24) is 15.6 Å². The van der Waals surface area contributed by atoms with Gasteiger partial charge in [-0.15, -0.1) is 11.3 Å². The molecule has 3 rings (SSSR count). The molecule has 0 radical (unpaired) electrons. The van der Waals surface area contributed by atoms with Crippen molar-refractivity contribution in [2.75, 3.05) is 13.1 Å². The largest absolute Gasteiger partial charge is 0.350 e. The highest BCUT2D eigenvalue weighted by Gasteiger charge is 2.17. The molecule has 4 nitrogen and oxygen atoms in total. The lowest BCUT2D eigenvalue weighted by Crippen LogP contribution is -2.36. The summed E-state index contributed by atoms with van der Waals surface area (Å²) in [5.41, 5.74) is 0.430. The van der Waals surface area contributed by atoms with Gasteiger partial charge in [-0.3, -0.25) is 4.79 Å². The minimum Gasteiger partial charge on any atom is -0.350 e. The Labute approximate surface area is 126 Å². The first-order valence-electron chi connectivity index (χ1n) is 6.96. The summed E-state index contributed by atoms with van der Waals surface area (Å²) >= 11 is 1.21. The molecule has 6 heteroatoms. The lowest BCUT2D eigenvalue weighted by atomic mass is 10.2. The second-order valence-corrected chi connectivity index (χ2v) is 6.04. The predicted molar refractivity (Wildman–Crippen MR) is 80.9 cm³/mol. The van der Waals surface area contributed by atoms with Crippen molar-refractivity contribution in [2.24, 2.45) is 0 Å². The Morgan fingerprint density at radius 1 is 1.48 bits per heavy atom. The van der Waals surface area contributed by atoms with Crippen LogP contribution >= 0.6 is 11.3 Å². The molecule has 2 aromatic rings. The first-order chi connectivity index (χ1) is 10.2. The van der Waals surface area contributed by atoms with E-state index in [-0.39, 0.29) is 11.7 Å². The molecule has 0 spiro atoms. The highest BCUT2D eigenvalue weighted by molar-refractivity contribution is 7.16. The molecule has 1 atom stereocenters. The van der Waals surface area contributed by atoms with Gasteiger partial charge in [-0.25, -0.2) is 9.37 Å². The van der Waals surface area contributed by atoms with Crippen molar-refractivity contribution in [3.8, 4) is 10.6 Å². The highest BCUT2D eigenvalue weighted by Crippen LogP contribution is 2.27. The van der Waals surface area contributed by atoms with Crippen LogP contribution in [0.1, 0.15) is 22.5 Å². The molecule has 1 aliphatic heterocycles. The molecule has 1 fully saturated rings. The summed E-state index contributed by atoms with van der Waals surface area (Å²) in [4.78, 5) is 16.7. The van der Waals surface area contributed by atoms with Crippen molar-refractivity contribution in [1.29, 1.82) is 0 Å². The van der Waals surface area contributed by atoms with E-state index < -0.39 is 0 Å². The van der Waals surface area contributed by atoms with Crippen molar-refractivity contribution >= 4 is 17.2 Å². The highest BCUT2D eigenvalue weighted by atomic mass is 32.1. The number of amides is 1. The Bertz CT molecular complexity index is 637. The second-order valence-electron chi connectivity index (χ2n) is 5.01. The quantitative estimate of drug-likeness (QED) is 0.912. The summed E-state index contributed by atoms with van der Waals surface area (Å²) in [5.74, 6) is -0.474. The molecular formula is C15H16FN3OS. The summed E-state index contributed by atoms with van der Waals surface area (Å²) in [6.07, 6.45) is 3.74. The summed E-state index contributed by atoms with van der Waals surface area (Å²) in [6.45, 7) is 1.63. The molecular weight excluding hydrogens is 289 g/mol. The number of halogens is 1. The van der Waals surface area contributed by atoms with Crippen molar-refractivity contribution in [3.05, 3.63) is 41.2 Å². The maximum absolute atomic E-state index is 13.7. The van der Waals surface area contributed by atoms with E-state index in [9.17, 15) is 9.18 Å². The molecule has 1 saturated heterocycles. The average molecular weight is 305 g/mol. The smallest absolute Gasteiger partial charge is 0.263 e. The van der Waals surface area contributed by atoms with E-state index >= 15 is 0 Å². The van der Waals surface area contributed by atoms with Crippen molar-refractivity contribution < 1.29 is 9.18 Å². The van der Waals surface area contributed by atoms with E-state index in [2.05, 4.69) is 15.6 Å². The minimum atomic E-state index is -0.325. The molecule has 110 valence electrons. The standard InChI is InChI=1S/C15H16FN3OS/c16-12-6-2-1-5-11(12)15-19-9-13(21-15)14(20)18-8-10-4-3-7-17-10/h1-2,5-6,9-10,17H,3-4,7-8H2,(H,18,20). The second kappa shape index (κ2) is 6.32. The van der Waals surface area contributed by atoms with Gasteiger partial charge in [0.15, 0.2) is 0 Å². The van der Waals surface area contributed by atoms with Gasteiger partial charge in [-0.2, -0.15) is 0 Å². The molecule has 0 bridgehead atoms. The Kier molecular flexibility index (Phi) is 4.26. The number of aromatic nitrogens is 1. The number of carbonyl (C=O) groups excluding carboxylic acids is 1. The van der Waals surface area contributed by atoms with Crippen LogP contribution in [0.15, 0.2) is 30.5 Å². The first kappa shape index (κ1) is 14.2. The molecule has 21 heavy (non-hydrogen) atoms. The van der Waals surface area contributed by atoms with E-state index in [0.717, 1.165) is 19.4 Å². The molecule has 0 saturated carbocycles. The predicted octanol–water partition coefficient (Wildman–Crippen LogP) is 2.43. The van der Waals surface area contributed by atoms with Crippen molar-refractivity contribution in [2.45, 2.75) is 18.9 Å². The van der Waals surface area contributed by atoms with Crippen LogP contribution in [0.4, 0.5) is 4.39 Å². The molecule has 0 aliphatic carbocycles. The number of thiazole rings is 1. The number of benzene rings is 1. The van der Waals surface area contributed by atoms with Crippen LogP contribution in [0.5, 0.6) is 0 Å². The van der Waals surface area contributed by atoms with Gasteiger partial charge in [0.1, 0.15) is 15.7 Å². The zero-order valence-electron chi connectivity index (χ0n) is 11.4. The van der Waals surface area contributed by atoms with Crippen molar-refractivity contribution in [3.63, 3.8) is 0 Å². The third-order valence-electron chi connectivity index (χ3n) is 3.51. The molecule has 1 aliphatic rings. The van der Waals surface area contributed by atoms with Crippen LogP contribution in [-0.4, -0.2) is 30.0 Å². The van der Waals surface area contributed by atoms with Gasteiger partial charge in [-0.05, 0) is 31.5 Å². The Balaban J connectivity index is 1.66. The molecule has 1 unspecified atom stereocenters. The molecule has 1 amide bonds. The average Bonchev–Trinajstić information content (AvgIpc) is 3.17. The van der Waals surface area contributed by atoms with Crippen LogP contribution in [0.25, 0.3) is 10.6 Å². The van der Waals surface area contributed by atoms with Crippen LogP contribution in [-0.2, 0) is 0 Å². The summed E-state index contributed by atoms with van der Waals surface area (Å²) in [5, 5.41) is 6.75. The lowest BCUT2D eigenvalue weighted by molar-refractivity contribution is 0.0954. The molecule has 2 N–H and O–H groups in total. The Hall–Kier alpha value is -1.79. The minimum absolute atomic E-state index is 0.149. The monoisotopic (exact) mass is 305 g/mol. The number of hydrogen-bond acceptors (Lipinski definition) is 4. The SMILES string of the molecule is O=C(NCC1CCCN1)c1cnc(-c2ccccc2F)s1. The fourth-order valence-electron chi connectivity index (χ4n) is 2.37. The summed E-state index contributed by atoms with van der Waals surface area (Å²) in [7, 11) is 0. The topological polar surface area (TPSA) is 54.0 Å². The van der Waals surface area contributed by atoms with Crippen LogP contribution in [0, 0.1) is 5.82 Å². The summed E-state index contributed by atoms with van der Waals surface area (Å²) < 4.78 is 13.7. The van der Waals surface area contributed by atoms with Gasteiger partial charge in [0.2, 0.25) is 0 Å². The van der Waals surface area contributed by atoms with Crippen LogP contribution in [0.3, 0.4) is 0 Å². The normalized spacial score (nSPS) is 17.9. The number of hydrogen-bond donors (Lipinski definition) is 2. The Morgan fingerprint density at radius 3 is 3.10 bits per heavy atom.